The molecule has 3 N–H and O–H groups in total. The van der Waals surface area contributed by atoms with Crippen molar-refractivity contribution in [2.45, 2.75) is 32.7 Å². The largest absolute Gasteiger partial charge is 0.380 e. The molecule has 0 aliphatic rings. The number of hydrogen-bond acceptors (Lipinski definition) is 3. The Bertz CT molecular complexity index is 594. The van der Waals surface area contributed by atoms with Crippen LogP contribution in [0.2, 0.25) is 0 Å². The fourth-order valence-corrected chi connectivity index (χ4v) is 2.82. The molecule has 0 bridgehead atoms. The second-order valence-corrected chi connectivity index (χ2v) is 6.98. The van der Waals surface area contributed by atoms with E-state index in [1.807, 2.05) is 23.5 Å². The third kappa shape index (κ3) is 3.61. The third-order valence-corrected chi connectivity index (χ3v) is 4.55. The van der Waals surface area contributed by atoms with Gasteiger partial charge in [0.25, 0.3) is 0 Å². The van der Waals surface area contributed by atoms with E-state index in [1.165, 1.54) is 9.75 Å². The Morgan fingerprint density at radius 1 is 1.15 bits per heavy atom. The van der Waals surface area contributed by atoms with E-state index in [-0.39, 0.29) is 5.41 Å². The van der Waals surface area contributed by atoms with Gasteiger partial charge in [0.15, 0.2) is 0 Å². The number of amides is 1. The van der Waals surface area contributed by atoms with Gasteiger partial charge in [-0.1, -0.05) is 20.8 Å². The van der Waals surface area contributed by atoms with E-state index in [1.54, 1.807) is 12.1 Å². The van der Waals surface area contributed by atoms with Gasteiger partial charge in [0.2, 0.25) is 5.91 Å². The Morgan fingerprint density at radius 2 is 1.80 bits per heavy atom. The highest BCUT2D eigenvalue weighted by Crippen LogP contribution is 2.29. The molecule has 0 unspecified atom stereocenters. The molecule has 4 heteroatoms. The molecule has 0 aliphatic heterocycles. The molecule has 0 fully saturated rings. The lowest BCUT2D eigenvalue weighted by atomic mass is 9.95. The van der Waals surface area contributed by atoms with Gasteiger partial charge in [-0.15, -0.1) is 11.3 Å². The normalized spacial score (nSPS) is 11.3. The van der Waals surface area contributed by atoms with Gasteiger partial charge in [-0.2, -0.15) is 0 Å². The molecule has 1 aromatic carbocycles. The highest BCUT2D eigenvalue weighted by Gasteiger charge is 2.15. The Balaban J connectivity index is 1.98. The number of nitrogens with two attached hydrogens (primary N) is 1. The molecule has 1 aromatic heterocycles. The zero-order valence-electron chi connectivity index (χ0n) is 12.1. The smallest absolute Gasteiger partial charge is 0.248 e. The molecule has 106 valence electrons. The third-order valence-electron chi connectivity index (χ3n) is 3.04. The first-order valence-corrected chi connectivity index (χ1v) is 7.41. The molecule has 2 aromatic rings. The summed E-state index contributed by atoms with van der Waals surface area (Å²) in [7, 11) is 0. The van der Waals surface area contributed by atoms with Gasteiger partial charge in [-0.25, -0.2) is 0 Å². The number of benzene rings is 1. The van der Waals surface area contributed by atoms with Crippen LogP contribution in [0.3, 0.4) is 0 Å². The molecule has 3 nitrogen and oxygen atoms in total. The minimum Gasteiger partial charge on any atom is -0.380 e. The summed E-state index contributed by atoms with van der Waals surface area (Å²) in [5.74, 6) is -0.398. The molecule has 0 aliphatic carbocycles. The van der Waals surface area contributed by atoms with Gasteiger partial charge >= 0.3 is 0 Å². The van der Waals surface area contributed by atoms with Crippen molar-refractivity contribution < 1.29 is 4.79 Å². The first kappa shape index (κ1) is 14.6. The monoisotopic (exact) mass is 288 g/mol. The van der Waals surface area contributed by atoms with E-state index in [9.17, 15) is 4.79 Å². The van der Waals surface area contributed by atoms with Crippen LogP contribution in [0, 0.1) is 0 Å². The van der Waals surface area contributed by atoms with Gasteiger partial charge in [0.05, 0.1) is 0 Å². The lowest BCUT2D eigenvalue weighted by Gasteiger charge is -2.15. The van der Waals surface area contributed by atoms with Crippen molar-refractivity contribution in [1.29, 1.82) is 0 Å². The second-order valence-electron chi connectivity index (χ2n) is 5.81. The SMILES string of the molecule is CC(C)(C)c1ccc(CNc2ccc(C(N)=O)cc2)s1. The number of nitrogens with one attached hydrogen (secondary N) is 1. The van der Waals surface area contributed by atoms with E-state index in [4.69, 9.17) is 5.73 Å². The van der Waals surface area contributed by atoms with Crippen LogP contribution < -0.4 is 11.1 Å². The summed E-state index contributed by atoms with van der Waals surface area (Å²) in [4.78, 5) is 13.7. The lowest BCUT2D eigenvalue weighted by molar-refractivity contribution is 0.100. The van der Waals surface area contributed by atoms with Gasteiger partial charge in [0, 0.05) is 27.5 Å². The van der Waals surface area contributed by atoms with Crippen LogP contribution in [-0.2, 0) is 12.0 Å². The van der Waals surface area contributed by atoms with Crippen molar-refractivity contribution in [3.63, 3.8) is 0 Å². The van der Waals surface area contributed by atoms with Gasteiger partial charge in [-0.3, -0.25) is 4.79 Å². The molecular weight excluding hydrogens is 268 g/mol. The quantitative estimate of drug-likeness (QED) is 0.900. The minimum atomic E-state index is -0.398. The molecule has 20 heavy (non-hydrogen) atoms. The zero-order chi connectivity index (χ0) is 14.8. The van der Waals surface area contributed by atoms with Gasteiger partial charge < -0.3 is 11.1 Å². The van der Waals surface area contributed by atoms with Crippen LogP contribution in [0.15, 0.2) is 36.4 Å². The van der Waals surface area contributed by atoms with Gasteiger partial charge in [0.1, 0.15) is 0 Å². The van der Waals surface area contributed by atoms with Crippen LogP contribution >= 0.6 is 11.3 Å². The fraction of sp³-hybridized carbons (Fsp3) is 0.312. The summed E-state index contributed by atoms with van der Waals surface area (Å²) in [6, 6.07) is 11.6. The van der Waals surface area contributed by atoms with E-state index in [2.05, 4.69) is 38.2 Å². The number of thiophene rings is 1. The number of primary amides is 1. The summed E-state index contributed by atoms with van der Waals surface area (Å²) in [5, 5.41) is 3.35. The van der Waals surface area contributed by atoms with Crippen LogP contribution in [0.25, 0.3) is 0 Å². The second kappa shape index (κ2) is 5.67. The minimum absolute atomic E-state index is 0.200. The average Bonchev–Trinajstić information content (AvgIpc) is 2.85. The molecule has 0 radical (unpaired) electrons. The maximum absolute atomic E-state index is 11.0. The van der Waals surface area contributed by atoms with Crippen molar-refractivity contribution in [2.24, 2.45) is 5.73 Å². The van der Waals surface area contributed by atoms with Crippen LogP contribution in [0.1, 0.15) is 40.9 Å². The highest BCUT2D eigenvalue weighted by molar-refractivity contribution is 7.12. The first-order valence-electron chi connectivity index (χ1n) is 6.59. The number of carbonyl (C=O) groups is 1. The number of rotatable bonds is 4. The Kier molecular flexibility index (Phi) is 4.14. The standard InChI is InChI=1S/C16H20N2OS/c1-16(2,3)14-9-8-13(20-14)10-18-12-6-4-11(5-7-12)15(17)19/h4-9,18H,10H2,1-3H3,(H2,17,19). The number of carbonyl (C=O) groups excluding carboxylic acids is 1. The van der Waals surface area contributed by atoms with Gasteiger partial charge in [-0.05, 0) is 41.8 Å². The fourth-order valence-electron chi connectivity index (χ4n) is 1.82. The lowest BCUT2D eigenvalue weighted by Crippen LogP contribution is -2.10. The van der Waals surface area contributed by atoms with E-state index >= 15 is 0 Å². The molecule has 0 saturated carbocycles. The Labute approximate surface area is 123 Å². The van der Waals surface area contributed by atoms with Crippen LogP contribution in [0.4, 0.5) is 5.69 Å². The summed E-state index contributed by atoms with van der Waals surface area (Å²) >= 11 is 1.83. The highest BCUT2D eigenvalue weighted by atomic mass is 32.1. The molecule has 1 amide bonds. The summed E-state index contributed by atoms with van der Waals surface area (Å²) in [6.07, 6.45) is 0. The average molecular weight is 288 g/mol. The molecular formula is C16H20N2OS. The number of hydrogen-bond donors (Lipinski definition) is 2. The molecule has 0 spiro atoms. The van der Waals surface area contributed by atoms with Crippen molar-refractivity contribution in [3.05, 3.63) is 51.7 Å². The van der Waals surface area contributed by atoms with Crippen LogP contribution in [0.5, 0.6) is 0 Å². The summed E-state index contributed by atoms with van der Waals surface area (Å²) in [6.45, 7) is 7.45. The number of anilines is 1. The van der Waals surface area contributed by atoms with Crippen molar-refractivity contribution in [2.75, 3.05) is 5.32 Å². The Morgan fingerprint density at radius 3 is 2.30 bits per heavy atom. The van der Waals surface area contributed by atoms with E-state index < -0.39 is 5.91 Å². The maximum Gasteiger partial charge on any atom is 0.248 e. The van der Waals surface area contributed by atoms with Crippen molar-refractivity contribution in [1.82, 2.24) is 0 Å². The molecule has 0 saturated heterocycles. The van der Waals surface area contributed by atoms with Crippen LogP contribution in [-0.4, -0.2) is 5.91 Å². The predicted molar refractivity (Wildman–Crippen MR) is 85.3 cm³/mol. The molecule has 1 heterocycles. The van der Waals surface area contributed by atoms with Crippen molar-refractivity contribution >= 4 is 22.9 Å². The van der Waals surface area contributed by atoms with E-state index in [0.717, 1.165) is 12.2 Å². The van der Waals surface area contributed by atoms with Crippen molar-refractivity contribution in [3.8, 4) is 0 Å². The summed E-state index contributed by atoms with van der Waals surface area (Å²) in [5.41, 5.74) is 6.93. The van der Waals surface area contributed by atoms with E-state index in [0.29, 0.717) is 5.56 Å². The zero-order valence-corrected chi connectivity index (χ0v) is 12.9. The Hall–Kier alpha value is -1.81. The first-order chi connectivity index (χ1) is 9.36. The topological polar surface area (TPSA) is 55.1 Å². The maximum atomic E-state index is 11.0. The molecule has 0 atom stereocenters. The summed E-state index contributed by atoms with van der Waals surface area (Å²) < 4.78 is 0. The molecule has 2 rings (SSSR count). The predicted octanol–water partition coefficient (Wildman–Crippen LogP) is 3.76.